The van der Waals surface area contributed by atoms with Crippen LogP contribution >= 0.6 is 11.3 Å². The number of pyridine rings is 1. The van der Waals surface area contributed by atoms with Gasteiger partial charge in [0.15, 0.2) is 0 Å². The number of fused-ring (bicyclic) bond motifs is 1. The lowest BCUT2D eigenvalue weighted by Gasteiger charge is -2.13. The number of nitrogens with zero attached hydrogens (tertiary/aromatic N) is 2. The Balaban J connectivity index is 2.09. The number of carbonyl (C=O) groups is 1. The molecule has 0 spiro atoms. The van der Waals surface area contributed by atoms with Gasteiger partial charge in [-0.15, -0.1) is 11.3 Å². The molecule has 0 bridgehead atoms. The van der Waals surface area contributed by atoms with Gasteiger partial charge in [-0.25, -0.2) is 5.06 Å². The van der Waals surface area contributed by atoms with Crippen molar-refractivity contribution in [1.82, 2.24) is 9.63 Å². The number of rotatable bonds is 4. The summed E-state index contributed by atoms with van der Waals surface area (Å²) in [6, 6.07) is 22.5. The van der Waals surface area contributed by atoms with Crippen LogP contribution in [-0.2, 0) is 4.84 Å². The molecule has 4 aromatic rings. The maximum absolute atomic E-state index is 13.0. The maximum atomic E-state index is 13.0. The second-order valence-corrected chi connectivity index (χ2v) is 7.22. The zero-order valence-corrected chi connectivity index (χ0v) is 16.3. The average molecular weight is 390 g/mol. The number of amides is 1. The van der Waals surface area contributed by atoms with E-state index in [1.807, 2.05) is 60.7 Å². The molecule has 0 saturated heterocycles. The Bertz CT molecular complexity index is 1200. The van der Waals surface area contributed by atoms with Crippen molar-refractivity contribution in [1.29, 1.82) is 0 Å². The van der Waals surface area contributed by atoms with E-state index in [1.54, 1.807) is 23.7 Å². The van der Waals surface area contributed by atoms with Crippen LogP contribution in [-0.4, -0.2) is 29.7 Å². The number of carbonyl (C=O) groups excluding carboxylic acids is 1. The van der Waals surface area contributed by atoms with E-state index in [1.165, 1.54) is 23.5 Å². The standard InChI is InChI=1S/C22H18N2O3S/c1-23(27-2)21(26)20-19(15-9-5-3-6-10-15)17-13-14-18(25)24(22(17)28-20)16-11-7-4-8-12-16/h3-14H,1-2H3. The minimum absolute atomic E-state index is 0.140. The van der Waals surface area contributed by atoms with Crippen LogP contribution < -0.4 is 5.56 Å². The highest BCUT2D eigenvalue weighted by molar-refractivity contribution is 7.21. The third-order valence-electron chi connectivity index (χ3n) is 4.57. The summed E-state index contributed by atoms with van der Waals surface area (Å²) in [7, 11) is 3.03. The summed E-state index contributed by atoms with van der Waals surface area (Å²) >= 11 is 1.30. The summed E-state index contributed by atoms with van der Waals surface area (Å²) < 4.78 is 1.65. The average Bonchev–Trinajstić information content (AvgIpc) is 3.13. The van der Waals surface area contributed by atoms with Crippen LogP contribution in [0.2, 0.25) is 0 Å². The minimum atomic E-state index is -0.255. The monoisotopic (exact) mass is 390 g/mol. The molecule has 0 saturated carbocycles. The lowest BCUT2D eigenvalue weighted by Crippen LogP contribution is -2.24. The lowest BCUT2D eigenvalue weighted by atomic mass is 10.0. The Kier molecular flexibility index (Phi) is 4.81. The normalized spacial score (nSPS) is 10.9. The van der Waals surface area contributed by atoms with Crippen LogP contribution in [0.15, 0.2) is 77.6 Å². The predicted octanol–water partition coefficient (Wildman–Crippen LogP) is 4.35. The van der Waals surface area contributed by atoms with Crippen molar-refractivity contribution in [2.24, 2.45) is 0 Å². The molecule has 1 amide bonds. The van der Waals surface area contributed by atoms with Gasteiger partial charge >= 0.3 is 0 Å². The van der Waals surface area contributed by atoms with Gasteiger partial charge in [0.25, 0.3) is 11.5 Å². The van der Waals surface area contributed by atoms with E-state index in [2.05, 4.69) is 0 Å². The molecule has 0 aliphatic heterocycles. The highest BCUT2D eigenvalue weighted by atomic mass is 32.1. The first kappa shape index (κ1) is 18.2. The number of hydrogen-bond donors (Lipinski definition) is 0. The molecule has 0 atom stereocenters. The number of hydrogen-bond acceptors (Lipinski definition) is 4. The van der Waals surface area contributed by atoms with Gasteiger partial charge in [0.05, 0.1) is 12.8 Å². The highest BCUT2D eigenvalue weighted by Crippen LogP contribution is 2.39. The van der Waals surface area contributed by atoms with Crippen LogP contribution in [0.3, 0.4) is 0 Å². The van der Waals surface area contributed by atoms with Gasteiger partial charge in [-0.3, -0.25) is 19.0 Å². The van der Waals surface area contributed by atoms with Crippen LogP contribution in [0, 0.1) is 0 Å². The van der Waals surface area contributed by atoms with Crippen molar-refractivity contribution < 1.29 is 9.63 Å². The maximum Gasteiger partial charge on any atom is 0.287 e. The molecule has 6 heteroatoms. The Morgan fingerprint density at radius 1 is 0.964 bits per heavy atom. The Labute approximate surface area is 166 Å². The number of para-hydroxylation sites is 1. The summed E-state index contributed by atoms with van der Waals surface area (Å²) in [6.45, 7) is 0. The van der Waals surface area contributed by atoms with Crippen LogP contribution in [0.5, 0.6) is 0 Å². The fourth-order valence-electron chi connectivity index (χ4n) is 3.17. The van der Waals surface area contributed by atoms with E-state index in [-0.39, 0.29) is 11.5 Å². The van der Waals surface area contributed by atoms with Crippen LogP contribution in [0.25, 0.3) is 27.0 Å². The predicted molar refractivity (Wildman–Crippen MR) is 112 cm³/mol. The zero-order chi connectivity index (χ0) is 19.7. The lowest BCUT2D eigenvalue weighted by molar-refractivity contribution is -0.0753. The van der Waals surface area contributed by atoms with Gasteiger partial charge < -0.3 is 0 Å². The number of thiophene rings is 1. The van der Waals surface area contributed by atoms with Crippen molar-refractivity contribution in [3.05, 3.63) is 88.0 Å². The van der Waals surface area contributed by atoms with Gasteiger partial charge in [0, 0.05) is 24.1 Å². The van der Waals surface area contributed by atoms with E-state index in [9.17, 15) is 9.59 Å². The topological polar surface area (TPSA) is 51.5 Å². The molecule has 2 aromatic carbocycles. The Morgan fingerprint density at radius 3 is 2.25 bits per heavy atom. The van der Waals surface area contributed by atoms with Crippen molar-refractivity contribution in [2.75, 3.05) is 14.2 Å². The highest BCUT2D eigenvalue weighted by Gasteiger charge is 2.24. The van der Waals surface area contributed by atoms with Gasteiger partial charge in [-0.05, 0) is 23.8 Å². The molecule has 0 unspecified atom stereocenters. The molecule has 4 rings (SSSR count). The van der Waals surface area contributed by atoms with Crippen molar-refractivity contribution in [2.45, 2.75) is 0 Å². The summed E-state index contributed by atoms with van der Waals surface area (Å²) in [5, 5.41) is 2.05. The van der Waals surface area contributed by atoms with E-state index in [4.69, 9.17) is 4.84 Å². The first-order valence-corrected chi connectivity index (χ1v) is 9.55. The van der Waals surface area contributed by atoms with E-state index in [0.29, 0.717) is 4.88 Å². The van der Waals surface area contributed by atoms with E-state index < -0.39 is 0 Å². The summed E-state index contributed by atoms with van der Waals surface area (Å²) in [6.07, 6.45) is 0. The summed E-state index contributed by atoms with van der Waals surface area (Å²) in [5.74, 6) is -0.255. The summed E-state index contributed by atoms with van der Waals surface area (Å²) in [5.41, 5.74) is 2.34. The second-order valence-electron chi connectivity index (χ2n) is 6.22. The fourth-order valence-corrected chi connectivity index (χ4v) is 4.48. The molecule has 28 heavy (non-hydrogen) atoms. The molecule has 2 aromatic heterocycles. The quantitative estimate of drug-likeness (QED) is 0.487. The SMILES string of the molecule is CON(C)C(=O)c1sc2c(ccc(=O)n2-c2ccccc2)c1-c1ccccc1. The molecule has 140 valence electrons. The largest absolute Gasteiger partial charge is 0.287 e. The summed E-state index contributed by atoms with van der Waals surface area (Å²) in [4.78, 5) is 32.1. The second kappa shape index (κ2) is 7.42. The van der Waals surface area contributed by atoms with E-state index >= 15 is 0 Å². The van der Waals surface area contributed by atoms with Gasteiger partial charge in [0.2, 0.25) is 0 Å². The molecule has 2 heterocycles. The van der Waals surface area contributed by atoms with Crippen molar-refractivity contribution in [3.63, 3.8) is 0 Å². The minimum Gasteiger partial charge on any atom is -0.274 e. The van der Waals surface area contributed by atoms with Crippen molar-refractivity contribution in [3.8, 4) is 16.8 Å². The molecule has 0 N–H and O–H groups in total. The van der Waals surface area contributed by atoms with Crippen molar-refractivity contribution >= 4 is 27.5 Å². The van der Waals surface area contributed by atoms with Crippen LogP contribution in [0.1, 0.15) is 9.67 Å². The first-order chi connectivity index (χ1) is 13.6. The van der Waals surface area contributed by atoms with E-state index in [0.717, 1.165) is 27.0 Å². The van der Waals surface area contributed by atoms with Crippen LogP contribution in [0.4, 0.5) is 0 Å². The first-order valence-electron chi connectivity index (χ1n) is 8.73. The third-order valence-corrected chi connectivity index (χ3v) is 5.75. The number of benzene rings is 2. The van der Waals surface area contributed by atoms with Gasteiger partial charge in [0.1, 0.15) is 9.71 Å². The third kappa shape index (κ3) is 3.02. The van der Waals surface area contributed by atoms with Gasteiger partial charge in [-0.1, -0.05) is 48.5 Å². The molecular weight excluding hydrogens is 372 g/mol. The Morgan fingerprint density at radius 2 is 1.61 bits per heavy atom. The molecular formula is C22H18N2O3S. The fraction of sp³-hybridized carbons (Fsp3) is 0.0909. The number of aromatic nitrogens is 1. The number of hydroxylamine groups is 2. The zero-order valence-electron chi connectivity index (χ0n) is 15.5. The molecule has 0 radical (unpaired) electrons. The molecule has 0 fully saturated rings. The Hall–Kier alpha value is -3.22. The molecule has 0 aliphatic carbocycles. The molecule has 0 aliphatic rings. The smallest absolute Gasteiger partial charge is 0.274 e. The van der Waals surface area contributed by atoms with Gasteiger partial charge in [-0.2, -0.15) is 0 Å². The molecule has 5 nitrogen and oxygen atoms in total.